The third-order valence-electron chi connectivity index (χ3n) is 3.08. The van der Waals surface area contributed by atoms with Gasteiger partial charge in [-0.25, -0.2) is 0 Å². The summed E-state index contributed by atoms with van der Waals surface area (Å²) in [6, 6.07) is 4.05. The zero-order valence-corrected chi connectivity index (χ0v) is 9.10. The van der Waals surface area contributed by atoms with Crippen LogP contribution in [0.15, 0.2) is 22.9 Å². The fourth-order valence-electron chi connectivity index (χ4n) is 2.11. The van der Waals surface area contributed by atoms with Crippen molar-refractivity contribution in [1.29, 1.82) is 0 Å². The van der Waals surface area contributed by atoms with Gasteiger partial charge in [0.2, 0.25) is 11.7 Å². The Kier molecular flexibility index (Phi) is 2.25. The van der Waals surface area contributed by atoms with Crippen molar-refractivity contribution >= 4 is 0 Å². The number of aromatic nitrogens is 3. The molecule has 0 radical (unpaired) electrons. The van der Waals surface area contributed by atoms with E-state index in [0.29, 0.717) is 17.6 Å². The summed E-state index contributed by atoms with van der Waals surface area (Å²) in [7, 11) is 0. The minimum Gasteiger partial charge on any atom is -0.359 e. The van der Waals surface area contributed by atoms with Crippen LogP contribution in [-0.4, -0.2) is 21.7 Å². The topological polar surface area (TPSA) is 66.7 Å². The van der Waals surface area contributed by atoms with E-state index in [4.69, 9.17) is 4.52 Å². The zero-order valence-electron chi connectivity index (χ0n) is 9.10. The molecule has 5 nitrogen and oxygen atoms in total. The molecule has 1 aliphatic heterocycles. The van der Waals surface area contributed by atoms with Gasteiger partial charge in [0.25, 0.3) is 0 Å². The first-order valence-electron chi connectivity index (χ1n) is 5.55. The van der Waals surface area contributed by atoms with Gasteiger partial charge in [0, 0.05) is 6.20 Å². The van der Waals surface area contributed by atoms with E-state index in [1.165, 1.54) is 0 Å². The smallest absolute Gasteiger partial charge is 0.244 e. The van der Waals surface area contributed by atoms with Crippen LogP contribution in [0.1, 0.15) is 25.3 Å². The van der Waals surface area contributed by atoms with Crippen LogP contribution in [-0.2, 0) is 0 Å². The molecule has 1 saturated heterocycles. The fourth-order valence-corrected chi connectivity index (χ4v) is 2.11. The second-order valence-electron chi connectivity index (χ2n) is 4.24. The molecule has 0 bridgehead atoms. The van der Waals surface area contributed by atoms with E-state index in [-0.39, 0.29) is 6.04 Å². The van der Waals surface area contributed by atoms with Gasteiger partial charge < -0.3 is 14.8 Å². The molecular formula is C11H14N4O. The number of hydrogen-bond acceptors (Lipinski definition) is 4. The van der Waals surface area contributed by atoms with Gasteiger partial charge in [-0.15, -0.1) is 0 Å². The van der Waals surface area contributed by atoms with E-state index in [1.54, 1.807) is 0 Å². The quantitative estimate of drug-likeness (QED) is 0.805. The number of hydrogen-bond donors (Lipinski definition) is 2. The van der Waals surface area contributed by atoms with Crippen molar-refractivity contribution < 1.29 is 4.52 Å². The summed E-state index contributed by atoms with van der Waals surface area (Å²) in [4.78, 5) is 7.48. The molecule has 3 heterocycles. The van der Waals surface area contributed by atoms with E-state index in [1.807, 2.05) is 18.3 Å². The molecule has 0 amide bonds. The van der Waals surface area contributed by atoms with E-state index < -0.39 is 0 Å². The third-order valence-corrected chi connectivity index (χ3v) is 3.08. The van der Waals surface area contributed by atoms with E-state index in [9.17, 15) is 0 Å². The summed E-state index contributed by atoms with van der Waals surface area (Å²) in [6.07, 6.45) is 3.01. The molecule has 5 heteroatoms. The van der Waals surface area contributed by atoms with Crippen molar-refractivity contribution in [3.05, 3.63) is 24.2 Å². The lowest BCUT2D eigenvalue weighted by atomic mass is 10.0. The minimum atomic E-state index is 0.205. The van der Waals surface area contributed by atoms with Crippen LogP contribution in [0.4, 0.5) is 0 Å². The minimum absolute atomic E-state index is 0.205. The van der Waals surface area contributed by atoms with E-state index in [0.717, 1.165) is 18.7 Å². The Morgan fingerprint density at radius 1 is 1.50 bits per heavy atom. The van der Waals surface area contributed by atoms with Gasteiger partial charge in [0.1, 0.15) is 0 Å². The Hall–Kier alpha value is -1.62. The molecular weight excluding hydrogens is 204 g/mol. The highest BCUT2D eigenvalue weighted by molar-refractivity contribution is 5.47. The van der Waals surface area contributed by atoms with Crippen molar-refractivity contribution in [2.24, 2.45) is 5.92 Å². The van der Waals surface area contributed by atoms with Gasteiger partial charge in [-0.3, -0.25) is 0 Å². The van der Waals surface area contributed by atoms with Crippen molar-refractivity contribution in [2.75, 3.05) is 6.54 Å². The largest absolute Gasteiger partial charge is 0.359 e. The van der Waals surface area contributed by atoms with Crippen LogP contribution >= 0.6 is 0 Å². The molecule has 0 aromatic carbocycles. The van der Waals surface area contributed by atoms with E-state index in [2.05, 4.69) is 27.4 Å². The summed E-state index contributed by atoms with van der Waals surface area (Å²) < 4.78 is 5.30. The van der Waals surface area contributed by atoms with Gasteiger partial charge in [-0.05, 0) is 31.0 Å². The highest BCUT2D eigenvalue weighted by Crippen LogP contribution is 2.28. The summed E-state index contributed by atoms with van der Waals surface area (Å²) in [6.45, 7) is 3.22. The Morgan fingerprint density at radius 3 is 3.12 bits per heavy atom. The molecule has 2 aromatic rings. The molecule has 0 aliphatic carbocycles. The number of nitrogens with zero attached hydrogens (tertiary/aromatic N) is 2. The van der Waals surface area contributed by atoms with Crippen LogP contribution in [0.2, 0.25) is 0 Å². The maximum Gasteiger partial charge on any atom is 0.244 e. The Labute approximate surface area is 93.3 Å². The molecule has 2 N–H and O–H groups in total. The lowest BCUT2D eigenvalue weighted by Crippen LogP contribution is -2.16. The maximum absolute atomic E-state index is 5.30. The molecule has 2 aromatic heterocycles. The molecule has 1 aliphatic rings. The summed E-state index contributed by atoms with van der Waals surface area (Å²) >= 11 is 0. The lowest BCUT2D eigenvalue weighted by molar-refractivity contribution is 0.319. The first-order chi connectivity index (χ1) is 7.84. The Bertz CT molecular complexity index is 462. The van der Waals surface area contributed by atoms with Crippen molar-refractivity contribution in [1.82, 2.24) is 20.4 Å². The SMILES string of the molecule is CC1CCNC1c1nc(-c2ccc[nH]2)no1. The third kappa shape index (κ3) is 1.53. The summed E-state index contributed by atoms with van der Waals surface area (Å²) in [5.74, 6) is 1.87. The average Bonchev–Trinajstić information content (AvgIpc) is 2.96. The molecule has 3 rings (SSSR count). The Balaban J connectivity index is 1.88. The van der Waals surface area contributed by atoms with Gasteiger partial charge in [0.15, 0.2) is 0 Å². The predicted molar refractivity (Wildman–Crippen MR) is 58.6 cm³/mol. The fraction of sp³-hybridized carbons (Fsp3) is 0.455. The standard InChI is InChI=1S/C11H14N4O/c1-7-4-6-13-9(7)11-14-10(15-16-11)8-3-2-5-12-8/h2-3,5,7,9,12-13H,4,6H2,1H3. The molecule has 0 saturated carbocycles. The summed E-state index contributed by atoms with van der Waals surface area (Å²) in [5, 5.41) is 7.36. The zero-order chi connectivity index (χ0) is 11.0. The first kappa shape index (κ1) is 9.59. The van der Waals surface area contributed by atoms with Crippen LogP contribution in [0.5, 0.6) is 0 Å². The van der Waals surface area contributed by atoms with Gasteiger partial charge >= 0.3 is 0 Å². The molecule has 84 valence electrons. The second kappa shape index (κ2) is 3.75. The second-order valence-corrected chi connectivity index (χ2v) is 4.24. The highest BCUT2D eigenvalue weighted by Gasteiger charge is 2.29. The van der Waals surface area contributed by atoms with Gasteiger partial charge in [0.05, 0.1) is 11.7 Å². The molecule has 16 heavy (non-hydrogen) atoms. The highest BCUT2D eigenvalue weighted by atomic mass is 16.5. The molecule has 2 unspecified atom stereocenters. The average molecular weight is 218 g/mol. The van der Waals surface area contributed by atoms with E-state index >= 15 is 0 Å². The molecule has 1 fully saturated rings. The first-order valence-corrected chi connectivity index (χ1v) is 5.55. The van der Waals surface area contributed by atoms with Crippen molar-refractivity contribution in [3.8, 4) is 11.5 Å². The number of H-pyrrole nitrogens is 1. The lowest BCUT2D eigenvalue weighted by Gasteiger charge is -2.08. The van der Waals surface area contributed by atoms with Crippen LogP contribution in [0, 0.1) is 5.92 Å². The van der Waals surface area contributed by atoms with Gasteiger partial charge in [-0.1, -0.05) is 12.1 Å². The number of aromatic amines is 1. The Morgan fingerprint density at radius 2 is 2.44 bits per heavy atom. The van der Waals surface area contributed by atoms with Crippen LogP contribution in [0.25, 0.3) is 11.5 Å². The van der Waals surface area contributed by atoms with Crippen LogP contribution in [0.3, 0.4) is 0 Å². The normalized spacial score (nSPS) is 25.1. The van der Waals surface area contributed by atoms with Crippen molar-refractivity contribution in [2.45, 2.75) is 19.4 Å². The number of rotatable bonds is 2. The molecule has 2 atom stereocenters. The van der Waals surface area contributed by atoms with Crippen molar-refractivity contribution in [3.63, 3.8) is 0 Å². The monoisotopic (exact) mass is 218 g/mol. The predicted octanol–water partition coefficient (Wildman–Crippen LogP) is 1.74. The maximum atomic E-state index is 5.30. The number of nitrogens with one attached hydrogen (secondary N) is 2. The van der Waals surface area contributed by atoms with Gasteiger partial charge in [-0.2, -0.15) is 4.98 Å². The molecule has 0 spiro atoms. The summed E-state index contributed by atoms with van der Waals surface area (Å²) in [5.41, 5.74) is 0.889. The van der Waals surface area contributed by atoms with Crippen LogP contribution < -0.4 is 5.32 Å².